The first-order valence-corrected chi connectivity index (χ1v) is 10.8. The first kappa shape index (κ1) is 21.4. The normalized spacial score (nSPS) is 11.5. The maximum Gasteiger partial charge on any atom is 0.253 e. The molecule has 0 saturated carbocycles. The van der Waals surface area contributed by atoms with Crippen molar-refractivity contribution in [2.75, 3.05) is 38.7 Å². The van der Waals surface area contributed by atoms with Gasteiger partial charge in [-0.2, -0.15) is 4.31 Å². The Morgan fingerprint density at radius 1 is 1.22 bits per heavy atom. The zero-order chi connectivity index (χ0) is 19.7. The zero-order valence-electron chi connectivity index (χ0n) is 15.4. The summed E-state index contributed by atoms with van der Waals surface area (Å²) < 4.78 is 37.3. The van der Waals surface area contributed by atoms with E-state index >= 15 is 0 Å². The number of methoxy groups -OCH3 is 1. The summed E-state index contributed by atoms with van der Waals surface area (Å²) in [5, 5.41) is 4.42. The molecule has 0 spiro atoms. The third-order valence-electron chi connectivity index (χ3n) is 3.61. The van der Waals surface area contributed by atoms with E-state index in [1.54, 1.807) is 42.8 Å². The molecule has 0 aliphatic heterocycles. The van der Waals surface area contributed by atoms with E-state index in [0.29, 0.717) is 31.1 Å². The van der Waals surface area contributed by atoms with E-state index in [4.69, 9.17) is 9.47 Å². The van der Waals surface area contributed by atoms with Gasteiger partial charge in [-0.25, -0.2) is 8.42 Å². The summed E-state index contributed by atoms with van der Waals surface area (Å²) in [5.41, 5.74) is 0.578. The van der Waals surface area contributed by atoms with Crippen LogP contribution in [-0.4, -0.2) is 52.0 Å². The molecule has 1 amide bonds. The summed E-state index contributed by atoms with van der Waals surface area (Å²) in [7, 11) is -2.17. The molecule has 0 unspecified atom stereocenters. The predicted octanol–water partition coefficient (Wildman–Crippen LogP) is 2.81. The molecule has 0 aliphatic carbocycles. The number of nitrogens with zero attached hydrogens (tertiary/aromatic N) is 1. The first-order chi connectivity index (χ1) is 13.0. The summed E-state index contributed by atoms with van der Waals surface area (Å²) in [6.07, 6.45) is 0.497. The van der Waals surface area contributed by atoms with Gasteiger partial charge in [0, 0.05) is 25.9 Å². The van der Waals surface area contributed by atoms with Crippen LogP contribution >= 0.6 is 11.3 Å². The van der Waals surface area contributed by atoms with Crippen molar-refractivity contribution in [2.24, 2.45) is 0 Å². The molecule has 0 atom stereocenters. The second-order valence-corrected chi connectivity index (χ2v) is 8.74. The Labute approximate surface area is 164 Å². The minimum absolute atomic E-state index is 0.199. The lowest BCUT2D eigenvalue weighted by atomic mass is 10.3. The molecule has 0 saturated heterocycles. The number of ether oxygens (including phenoxy) is 2. The maximum atomic E-state index is 12.8. The number of carbonyl (C=O) groups is 1. The van der Waals surface area contributed by atoms with Crippen molar-refractivity contribution < 1.29 is 22.7 Å². The van der Waals surface area contributed by atoms with Crippen molar-refractivity contribution in [1.29, 1.82) is 0 Å². The summed E-state index contributed by atoms with van der Waals surface area (Å²) in [6, 6.07) is 10.1. The first-order valence-electron chi connectivity index (χ1n) is 8.52. The predicted molar refractivity (Wildman–Crippen MR) is 106 cm³/mol. The molecule has 0 fully saturated rings. The van der Waals surface area contributed by atoms with Crippen molar-refractivity contribution in [3.8, 4) is 5.75 Å². The highest BCUT2D eigenvalue weighted by Gasteiger charge is 2.27. The monoisotopic (exact) mass is 412 g/mol. The molecular weight excluding hydrogens is 388 g/mol. The Balaban J connectivity index is 2.06. The van der Waals surface area contributed by atoms with Crippen LogP contribution in [0.25, 0.3) is 0 Å². The molecule has 2 aromatic rings. The van der Waals surface area contributed by atoms with Gasteiger partial charge in [0.25, 0.3) is 10.0 Å². The molecule has 1 aromatic carbocycles. The lowest BCUT2D eigenvalue weighted by Crippen LogP contribution is -2.38. The fraction of sp³-hybridized carbons (Fsp3) is 0.389. The van der Waals surface area contributed by atoms with Gasteiger partial charge in [0.1, 0.15) is 9.96 Å². The van der Waals surface area contributed by atoms with Crippen LogP contribution in [0.3, 0.4) is 0 Å². The van der Waals surface area contributed by atoms with E-state index in [1.165, 1.54) is 10.4 Å². The topological polar surface area (TPSA) is 84.9 Å². The van der Waals surface area contributed by atoms with Crippen LogP contribution in [0.1, 0.15) is 13.3 Å². The highest BCUT2D eigenvalue weighted by Crippen LogP contribution is 2.21. The summed E-state index contributed by atoms with van der Waals surface area (Å²) >= 11 is 1.13. The van der Waals surface area contributed by atoms with Gasteiger partial charge in [-0.05, 0) is 49.1 Å². The number of nitrogens with one attached hydrogen (secondary N) is 1. The number of hydrogen-bond acceptors (Lipinski definition) is 6. The highest BCUT2D eigenvalue weighted by atomic mass is 32.2. The van der Waals surface area contributed by atoms with Crippen molar-refractivity contribution in [3.63, 3.8) is 0 Å². The quantitative estimate of drug-likeness (QED) is 0.574. The molecule has 7 nitrogen and oxygen atoms in total. The summed E-state index contributed by atoms with van der Waals surface area (Å²) in [6.45, 7) is 2.80. The number of hydrogen-bond donors (Lipinski definition) is 1. The Bertz CT molecular complexity index is 805. The molecule has 0 aliphatic rings. The molecule has 148 valence electrons. The second kappa shape index (κ2) is 10.4. The Kier molecular flexibility index (Phi) is 8.23. The van der Waals surface area contributed by atoms with Crippen molar-refractivity contribution in [3.05, 3.63) is 41.8 Å². The van der Waals surface area contributed by atoms with Gasteiger partial charge in [0.15, 0.2) is 0 Å². The zero-order valence-corrected chi connectivity index (χ0v) is 17.0. The summed E-state index contributed by atoms with van der Waals surface area (Å²) in [5.74, 6) is 0.300. The van der Waals surface area contributed by atoms with Crippen LogP contribution in [0.2, 0.25) is 0 Å². The molecule has 0 radical (unpaired) electrons. The fourth-order valence-corrected chi connectivity index (χ4v) is 4.95. The second-order valence-electron chi connectivity index (χ2n) is 5.62. The van der Waals surface area contributed by atoms with E-state index in [1.807, 2.05) is 6.92 Å². The minimum Gasteiger partial charge on any atom is -0.494 e. The van der Waals surface area contributed by atoms with Gasteiger partial charge in [0.05, 0.1) is 13.2 Å². The number of thiophene rings is 1. The number of benzene rings is 1. The molecular formula is C18H24N2O5S2. The smallest absolute Gasteiger partial charge is 0.253 e. The Hall–Kier alpha value is -1.94. The van der Waals surface area contributed by atoms with Crippen molar-refractivity contribution in [2.45, 2.75) is 17.6 Å². The lowest BCUT2D eigenvalue weighted by Gasteiger charge is -2.21. The van der Waals surface area contributed by atoms with Gasteiger partial charge in [0.2, 0.25) is 5.91 Å². The number of rotatable bonds is 11. The third kappa shape index (κ3) is 6.31. The maximum absolute atomic E-state index is 12.8. The van der Waals surface area contributed by atoms with E-state index < -0.39 is 15.9 Å². The largest absolute Gasteiger partial charge is 0.494 e. The Morgan fingerprint density at radius 3 is 2.56 bits per heavy atom. The average Bonchev–Trinajstić information content (AvgIpc) is 3.18. The standard InChI is InChI=1S/C18H24N2O5S2/c1-3-25-16-9-7-15(8-10-16)19-17(21)14-20(11-5-12-24-2)27(22,23)18-6-4-13-26-18/h4,6-10,13H,3,5,11-12,14H2,1-2H3,(H,19,21). The third-order valence-corrected chi connectivity index (χ3v) is 6.83. The number of amides is 1. The molecule has 1 aromatic heterocycles. The number of carbonyl (C=O) groups excluding carboxylic acids is 1. The van der Waals surface area contributed by atoms with Gasteiger partial charge in [-0.1, -0.05) is 6.07 Å². The van der Waals surface area contributed by atoms with Crippen LogP contribution in [0.15, 0.2) is 46.0 Å². The van der Waals surface area contributed by atoms with E-state index in [9.17, 15) is 13.2 Å². The molecule has 1 N–H and O–H groups in total. The average molecular weight is 413 g/mol. The number of sulfonamides is 1. The van der Waals surface area contributed by atoms with Crippen LogP contribution in [0.4, 0.5) is 5.69 Å². The van der Waals surface area contributed by atoms with Gasteiger partial charge in [-0.15, -0.1) is 11.3 Å². The van der Waals surface area contributed by atoms with E-state index in [2.05, 4.69) is 5.32 Å². The van der Waals surface area contributed by atoms with Crippen LogP contribution in [-0.2, 0) is 19.6 Å². The lowest BCUT2D eigenvalue weighted by molar-refractivity contribution is -0.116. The molecule has 27 heavy (non-hydrogen) atoms. The highest BCUT2D eigenvalue weighted by molar-refractivity contribution is 7.91. The fourth-order valence-electron chi connectivity index (χ4n) is 2.37. The SMILES string of the molecule is CCOc1ccc(NC(=O)CN(CCCOC)S(=O)(=O)c2cccs2)cc1. The van der Waals surface area contributed by atoms with Crippen LogP contribution in [0.5, 0.6) is 5.75 Å². The van der Waals surface area contributed by atoms with Crippen LogP contribution in [0, 0.1) is 0 Å². The summed E-state index contributed by atoms with van der Waals surface area (Å²) in [4.78, 5) is 12.4. The Morgan fingerprint density at radius 2 is 1.96 bits per heavy atom. The molecule has 2 rings (SSSR count). The van der Waals surface area contributed by atoms with Gasteiger partial charge < -0.3 is 14.8 Å². The van der Waals surface area contributed by atoms with Gasteiger partial charge in [-0.3, -0.25) is 4.79 Å². The van der Waals surface area contributed by atoms with Crippen molar-refractivity contribution in [1.82, 2.24) is 4.31 Å². The van der Waals surface area contributed by atoms with Crippen molar-refractivity contribution >= 4 is 33.0 Å². The molecule has 1 heterocycles. The number of anilines is 1. The van der Waals surface area contributed by atoms with Gasteiger partial charge >= 0.3 is 0 Å². The molecule has 0 bridgehead atoms. The van der Waals surface area contributed by atoms with Crippen LogP contribution < -0.4 is 10.1 Å². The van der Waals surface area contributed by atoms with E-state index in [-0.39, 0.29) is 17.3 Å². The minimum atomic E-state index is -3.72. The van der Waals surface area contributed by atoms with E-state index in [0.717, 1.165) is 11.3 Å². The molecule has 9 heteroatoms.